The maximum Gasteiger partial charge on any atom is 0.339 e. The molecule has 5 aliphatic heterocycles. The van der Waals surface area contributed by atoms with Crippen LogP contribution in [0.1, 0.15) is 54.8 Å². The molecule has 12 rings (SSSR count). The molecule has 340 valence electrons. The second-order valence-electron chi connectivity index (χ2n) is 16.8. The van der Waals surface area contributed by atoms with Gasteiger partial charge in [-0.15, -0.1) is 0 Å². The number of carbonyl (C=O) groups excluding carboxylic acids is 2. The van der Waals surface area contributed by atoms with Gasteiger partial charge in [-0.25, -0.2) is 9.59 Å². The minimum Gasteiger partial charge on any atom is -0.504 e. The van der Waals surface area contributed by atoms with Gasteiger partial charge in [-0.1, -0.05) is 152 Å². The van der Waals surface area contributed by atoms with Crippen molar-refractivity contribution >= 4 is 11.9 Å². The SMILES string of the molecule is CO[C@H]1O[C@@H]2CO[C@@H](c3ccccc3)O[C@H]2[C@@H]2OC(=O)c3cc(O)c4c(c3-c3c(cc5c(c3O)OC(c3ccccc3)(c3ccccc3)O5)C(=O)O[C@@H]12)OC(c1ccccc1)(c1ccccc1)O4. The first-order valence-corrected chi connectivity index (χ1v) is 22.0. The lowest BCUT2D eigenvalue weighted by atomic mass is 9.90. The number of rotatable bonds is 6. The molecule has 7 aromatic carbocycles. The molecule has 2 N–H and O–H groups in total. The normalized spacial score (nSPS) is 23.7. The number of hydrogen-bond donors (Lipinski definition) is 2. The molecule has 0 amide bonds. The maximum absolute atomic E-state index is 15.3. The average Bonchev–Trinajstić information content (AvgIpc) is 4.01. The zero-order chi connectivity index (χ0) is 46.1. The number of carbonyl (C=O) groups is 2. The van der Waals surface area contributed by atoms with Gasteiger partial charge in [0.15, 0.2) is 47.8 Å². The second kappa shape index (κ2) is 16.2. The van der Waals surface area contributed by atoms with Crippen molar-refractivity contribution in [3.8, 4) is 45.6 Å². The molecule has 0 aromatic heterocycles. The highest BCUT2D eigenvalue weighted by Crippen LogP contribution is 2.62. The van der Waals surface area contributed by atoms with Crippen molar-refractivity contribution in [1.82, 2.24) is 0 Å². The first kappa shape index (κ1) is 41.5. The number of phenols is 2. The fourth-order valence-electron chi connectivity index (χ4n) is 9.66. The van der Waals surface area contributed by atoms with Gasteiger partial charge in [0.1, 0.15) is 12.2 Å². The lowest BCUT2D eigenvalue weighted by Gasteiger charge is -2.48. The summed E-state index contributed by atoms with van der Waals surface area (Å²) in [5.41, 5.74) is 1.82. The highest BCUT2D eigenvalue weighted by atomic mass is 16.8. The Balaban J connectivity index is 1.08. The molecule has 14 nitrogen and oxygen atoms in total. The van der Waals surface area contributed by atoms with Crippen LogP contribution < -0.4 is 18.9 Å². The maximum atomic E-state index is 15.3. The molecule has 68 heavy (non-hydrogen) atoms. The monoisotopic (exact) mass is 912 g/mol. The molecule has 0 saturated carbocycles. The third kappa shape index (κ3) is 6.48. The summed E-state index contributed by atoms with van der Waals surface area (Å²) in [5, 5.41) is 24.9. The summed E-state index contributed by atoms with van der Waals surface area (Å²) in [5.74, 6) is -7.16. The summed E-state index contributed by atoms with van der Waals surface area (Å²) < 4.78 is 64.7. The lowest BCUT2D eigenvalue weighted by molar-refractivity contribution is -0.356. The van der Waals surface area contributed by atoms with E-state index in [4.69, 9.17) is 47.4 Å². The highest BCUT2D eigenvalue weighted by Gasteiger charge is 2.57. The van der Waals surface area contributed by atoms with Gasteiger partial charge < -0.3 is 57.6 Å². The second-order valence-corrected chi connectivity index (χ2v) is 16.8. The van der Waals surface area contributed by atoms with Crippen molar-refractivity contribution in [3.63, 3.8) is 0 Å². The number of methoxy groups -OCH3 is 1. The van der Waals surface area contributed by atoms with Crippen LogP contribution in [0.15, 0.2) is 164 Å². The number of phenolic OH excluding ortho intramolecular Hbond substituents is 2. The van der Waals surface area contributed by atoms with Crippen LogP contribution in [0.5, 0.6) is 34.5 Å². The molecule has 7 aromatic rings. The number of ether oxygens (including phenoxy) is 10. The van der Waals surface area contributed by atoms with Crippen molar-refractivity contribution in [2.45, 2.75) is 48.6 Å². The van der Waals surface area contributed by atoms with Crippen molar-refractivity contribution in [1.29, 1.82) is 0 Å². The summed E-state index contributed by atoms with van der Waals surface area (Å²) in [7, 11) is 1.36. The van der Waals surface area contributed by atoms with Gasteiger partial charge in [0.2, 0.25) is 11.5 Å². The Bertz CT molecular complexity index is 2980. The molecule has 2 saturated heterocycles. The van der Waals surface area contributed by atoms with Crippen LogP contribution in [0.2, 0.25) is 0 Å². The standard InChI is InChI=1S/C54H40O14/c1-59-52-48-47(45-39(61-52)29-60-51(64-45)30-17-7-2-8-18-30)62-49(57)35-27-37(55)43-46(68-54(66-43,33-23-13-5-14-24-33)34-25-15-6-16-26-34)41(35)40-36(50(58)63-48)28-38-44(42(40)56)67-53(65-38,31-19-9-3-10-20-31)32-21-11-4-12-22-32/h2-28,39,45,47-48,51-52,55-56H,29H2,1H3/t39-,45-,47+,48-,51-,52+/m1/s1. The largest absolute Gasteiger partial charge is 0.504 e. The quantitative estimate of drug-likeness (QED) is 0.152. The number of esters is 2. The van der Waals surface area contributed by atoms with Crippen molar-refractivity contribution in [2.24, 2.45) is 0 Å². The Labute approximate surface area is 388 Å². The van der Waals surface area contributed by atoms with Gasteiger partial charge in [0.05, 0.1) is 17.7 Å². The fourth-order valence-corrected chi connectivity index (χ4v) is 9.66. The predicted molar refractivity (Wildman–Crippen MR) is 239 cm³/mol. The summed E-state index contributed by atoms with van der Waals surface area (Å²) >= 11 is 0. The summed E-state index contributed by atoms with van der Waals surface area (Å²) in [6.45, 7) is 0.000676. The van der Waals surface area contributed by atoms with Gasteiger partial charge in [-0.2, -0.15) is 0 Å². The van der Waals surface area contributed by atoms with E-state index in [1.54, 1.807) is 48.5 Å². The predicted octanol–water partition coefficient (Wildman–Crippen LogP) is 8.66. The Morgan fingerprint density at radius 1 is 0.529 bits per heavy atom. The summed E-state index contributed by atoms with van der Waals surface area (Å²) in [6, 6.07) is 48.0. The van der Waals surface area contributed by atoms with E-state index in [9.17, 15) is 10.2 Å². The van der Waals surface area contributed by atoms with Crippen LogP contribution in [0.3, 0.4) is 0 Å². The first-order valence-electron chi connectivity index (χ1n) is 22.0. The van der Waals surface area contributed by atoms with Gasteiger partial charge in [0.25, 0.3) is 0 Å². The highest BCUT2D eigenvalue weighted by molar-refractivity contribution is 6.09. The van der Waals surface area contributed by atoms with Crippen molar-refractivity contribution in [2.75, 3.05) is 13.7 Å². The number of benzene rings is 7. The van der Waals surface area contributed by atoms with E-state index >= 15 is 9.59 Å². The molecule has 5 heterocycles. The van der Waals surface area contributed by atoms with E-state index in [0.717, 1.165) is 6.07 Å². The third-order valence-electron chi connectivity index (χ3n) is 12.8. The molecule has 5 aliphatic rings. The van der Waals surface area contributed by atoms with E-state index < -0.39 is 72.0 Å². The molecular weight excluding hydrogens is 873 g/mol. The molecule has 0 unspecified atom stereocenters. The van der Waals surface area contributed by atoms with E-state index in [-0.39, 0.29) is 51.9 Å². The van der Waals surface area contributed by atoms with E-state index in [0.29, 0.717) is 27.8 Å². The van der Waals surface area contributed by atoms with Crippen LogP contribution in [0.25, 0.3) is 11.1 Å². The molecule has 0 aliphatic carbocycles. The van der Waals surface area contributed by atoms with Gasteiger partial charge >= 0.3 is 23.5 Å². The van der Waals surface area contributed by atoms with E-state index in [1.807, 2.05) is 103 Å². The Kier molecular flexibility index (Phi) is 9.88. The number of hydrogen-bond acceptors (Lipinski definition) is 14. The van der Waals surface area contributed by atoms with Crippen LogP contribution in [0.4, 0.5) is 0 Å². The molecule has 0 bridgehead atoms. The van der Waals surface area contributed by atoms with Crippen LogP contribution in [-0.4, -0.2) is 66.6 Å². The molecule has 14 heteroatoms. The number of aromatic hydroxyl groups is 2. The zero-order valence-corrected chi connectivity index (χ0v) is 36.1. The van der Waals surface area contributed by atoms with Gasteiger partial charge in [0, 0.05) is 46.1 Å². The average molecular weight is 913 g/mol. The Morgan fingerprint density at radius 2 is 1.01 bits per heavy atom. The minimum atomic E-state index is -1.76. The third-order valence-corrected chi connectivity index (χ3v) is 12.8. The fraction of sp³-hybridized carbons (Fsp3) is 0.185. The first-order chi connectivity index (χ1) is 33.3. The topological polar surface area (TPSA) is 167 Å². The van der Waals surface area contributed by atoms with Crippen LogP contribution in [0, 0.1) is 0 Å². The van der Waals surface area contributed by atoms with Gasteiger partial charge in [-0.3, -0.25) is 0 Å². The molecule has 0 radical (unpaired) electrons. The molecule has 6 atom stereocenters. The smallest absolute Gasteiger partial charge is 0.339 e. The van der Waals surface area contributed by atoms with Crippen LogP contribution in [-0.2, 0) is 40.0 Å². The zero-order valence-electron chi connectivity index (χ0n) is 36.1. The van der Waals surface area contributed by atoms with Crippen molar-refractivity contribution < 1.29 is 67.2 Å². The van der Waals surface area contributed by atoms with E-state index in [1.165, 1.54) is 13.2 Å². The van der Waals surface area contributed by atoms with Crippen LogP contribution >= 0.6 is 0 Å². The van der Waals surface area contributed by atoms with Crippen molar-refractivity contribution in [3.05, 3.63) is 203 Å². The summed E-state index contributed by atoms with van der Waals surface area (Å²) in [6.07, 6.45) is -6.97. The molecular formula is C54H40O14. The molecule has 2 fully saturated rings. The molecule has 0 spiro atoms. The summed E-state index contributed by atoms with van der Waals surface area (Å²) in [4.78, 5) is 30.6. The lowest BCUT2D eigenvalue weighted by Crippen LogP contribution is -2.64. The Morgan fingerprint density at radius 3 is 1.57 bits per heavy atom. The van der Waals surface area contributed by atoms with Gasteiger partial charge in [-0.05, 0) is 12.1 Å². The Hall–Kier alpha value is -7.88. The number of fused-ring (bicyclic) bond motifs is 9. The minimum absolute atomic E-state index is 0.000676. The van der Waals surface area contributed by atoms with E-state index in [2.05, 4.69) is 0 Å².